The highest BCUT2D eigenvalue weighted by molar-refractivity contribution is 7.90. The van der Waals surface area contributed by atoms with Crippen LogP contribution < -0.4 is 4.80 Å². The molecule has 0 radical (unpaired) electrons. The Bertz CT molecular complexity index is 1150. The second kappa shape index (κ2) is 7.78. The third-order valence-corrected chi connectivity index (χ3v) is 6.64. The lowest BCUT2D eigenvalue weighted by Gasteiger charge is -2.01. The summed E-state index contributed by atoms with van der Waals surface area (Å²) in [6.07, 6.45) is 4.50. The number of amides is 1. The molecule has 0 N–H and O–H groups in total. The van der Waals surface area contributed by atoms with Crippen LogP contribution in [0.25, 0.3) is 10.2 Å². The summed E-state index contributed by atoms with van der Waals surface area (Å²) in [7, 11) is -1.39. The molecule has 2 aromatic carbocycles. The van der Waals surface area contributed by atoms with Crippen molar-refractivity contribution in [2.45, 2.75) is 31.1 Å². The zero-order valence-electron chi connectivity index (χ0n) is 15.6. The van der Waals surface area contributed by atoms with Crippen LogP contribution >= 0.6 is 11.3 Å². The first kappa shape index (κ1) is 19.5. The molecule has 0 bridgehead atoms. The lowest BCUT2D eigenvalue weighted by Crippen LogP contribution is -2.13. The molecule has 0 aliphatic heterocycles. The third-order valence-electron chi connectivity index (χ3n) is 4.42. The Labute approximate surface area is 162 Å². The van der Waals surface area contributed by atoms with E-state index in [0.29, 0.717) is 10.4 Å². The van der Waals surface area contributed by atoms with Gasteiger partial charge in [-0.1, -0.05) is 30.7 Å². The quantitative estimate of drug-likeness (QED) is 0.653. The summed E-state index contributed by atoms with van der Waals surface area (Å²) < 4.78 is 26.1. The van der Waals surface area contributed by atoms with Gasteiger partial charge in [0.1, 0.15) is 0 Å². The molecule has 1 amide bonds. The zero-order valence-corrected chi connectivity index (χ0v) is 17.2. The minimum atomic E-state index is -3.28. The van der Waals surface area contributed by atoms with E-state index < -0.39 is 9.84 Å². The summed E-state index contributed by atoms with van der Waals surface area (Å²) in [6.45, 7) is 2.18. The first-order valence-corrected chi connectivity index (χ1v) is 11.5. The van der Waals surface area contributed by atoms with Gasteiger partial charge in [0.15, 0.2) is 14.6 Å². The van der Waals surface area contributed by atoms with Crippen molar-refractivity contribution in [2.24, 2.45) is 12.0 Å². The summed E-state index contributed by atoms with van der Waals surface area (Å²) >= 11 is 1.48. The Morgan fingerprint density at radius 3 is 2.48 bits per heavy atom. The Balaban J connectivity index is 1.94. The van der Waals surface area contributed by atoms with Gasteiger partial charge >= 0.3 is 0 Å². The lowest BCUT2D eigenvalue weighted by atomic mass is 10.1. The van der Waals surface area contributed by atoms with E-state index in [-0.39, 0.29) is 10.8 Å². The topological polar surface area (TPSA) is 68.5 Å². The van der Waals surface area contributed by atoms with E-state index >= 15 is 0 Å². The van der Waals surface area contributed by atoms with Gasteiger partial charge in [-0.05, 0) is 54.8 Å². The highest BCUT2D eigenvalue weighted by atomic mass is 32.2. The number of aryl methyl sites for hydroxylation is 2. The number of unbranched alkanes of at least 4 members (excludes halogenated alkanes) is 1. The average Bonchev–Trinajstić information content (AvgIpc) is 2.94. The van der Waals surface area contributed by atoms with E-state index in [2.05, 4.69) is 30.1 Å². The monoisotopic (exact) mass is 402 g/mol. The molecule has 3 rings (SSSR count). The molecule has 0 spiro atoms. The molecule has 7 heteroatoms. The maximum absolute atomic E-state index is 12.5. The third kappa shape index (κ3) is 4.36. The zero-order chi connectivity index (χ0) is 19.6. The number of benzene rings is 2. The molecular formula is C20H22N2O3S2. The smallest absolute Gasteiger partial charge is 0.279 e. The number of fused-ring (bicyclic) bond motifs is 1. The molecule has 0 unspecified atom stereocenters. The number of carbonyl (C=O) groups excluding carboxylic acids is 1. The van der Waals surface area contributed by atoms with Crippen molar-refractivity contribution in [2.75, 3.05) is 6.26 Å². The van der Waals surface area contributed by atoms with E-state index in [1.54, 1.807) is 0 Å². The molecule has 0 saturated carbocycles. The van der Waals surface area contributed by atoms with Gasteiger partial charge in [-0.25, -0.2) is 8.42 Å². The molecule has 27 heavy (non-hydrogen) atoms. The molecule has 1 aromatic heterocycles. The maximum atomic E-state index is 12.5. The van der Waals surface area contributed by atoms with E-state index in [1.165, 1.54) is 41.2 Å². The first-order valence-electron chi connectivity index (χ1n) is 8.77. The normalized spacial score (nSPS) is 12.6. The van der Waals surface area contributed by atoms with E-state index in [1.807, 2.05) is 11.6 Å². The van der Waals surface area contributed by atoms with E-state index in [0.717, 1.165) is 35.7 Å². The van der Waals surface area contributed by atoms with Crippen molar-refractivity contribution in [3.8, 4) is 0 Å². The van der Waals surface area contributed by atoms with E-state index in [9.17, 15) is 13.2 Å². The molecule has 0 fully saturated rings. The highest BCUT2D eigenvalue weighted by Gasteiger charge is 2.11. The number of carbonyl (C=O) groups is 1. The summed E-state index contributed by atoms with van der Waals surface area (Å²) in [5, 5.41) is 0. The number of hydrogen-bond acceptors (Lipinski definition) is 4. The fourth-order valence-corrected chi connectivity index (χ4v) is 4.53. The Hall–Kier alpha value is -2.25. The number of sulfone groups is 1. The first-order chi connectivity index (χ1) is 12.8. The fraction of sp³-hybridized carbons (Fsp3) is 0.300. The van der Waals surface area contributed by atoms with Crippen molar-refractivity contribution in [1.82, 2.24) is 4.57 Å². The van der Waals surface area contributed by atoms with Gasteiger partial charge in [-0.2, -0.15) is 4.99 Å². The van der Waals surface area contributed by atoms with Crippen LogP contribution in [0, 0.1) is 0 Å². The number of aromatic nitrogens is 1. The van der Waals surface area contributed by atoms with Crippen LogP contribution in [0.4, 0.5) is 0 Å². The molecule has 0 saturated heterocycles. The van der Waals surface area contributed by atoms with Crippen LogP contribution in [0.2, 0.25) is 0 Å². The minimum Gasteiger partial charge on any atom is -0.319 e. The molecule has 0 atom stereocenters. The minimum absolute atomic E-state index is 0.186. The van der Waals surface area contributed by atoms with Gasteiger partial charge in [-0.3, -0.25) is 4.79 Å². The van der Waals surface area contributed by atoms with Gasteiger partial charge in [-0.15, -0.1) is 0 Å². The number of nitrogens with zero attached hydrogens (tertiary/aromatic N) is 2. The largest absolute Gasteiger partial charge is 0.319 e. The second-order valence-corrected chi connectivity index (χ2v) is 9.59. The lowest BCUT2D eigenvalue weighted by molar-refractivity contribution is 0.0998. The standard InChI is InChI=1S/C20H22N2O3S2/c1-4-5-6-14-7-12-17-18(13-14)26-20(22(17)2)21-19(23)15-8-10-16(11-9-15)27(3,24)25/h7-13H,4-6H2,1-3H3. The Morgan fingerprint density at radius 1 is 1.15 bits per heavy atom. The molecule has 0 aliphatic carbocycles. The Kier molecular flexibility index (Phi) is 5.62. The van der Waals surface area contributed by atoms with Gasteiger partial charge in [0.05, 0.1) is 15.1 Å². The van der Waals surface area contributed by atoms with Gasteiger partial charge in [0.2, 0.25) is 0 Å². The van der Waals surface area contributed by atoms with E-state index in [4.69, 9.17) is 0 Å². The van der Waals surface area contributed by atoms with Crippen LogP contribution in [0.3, 0.4) is 0 Å². The van der Waals surface area contributed by atoms with Gasteiger partial charge < -0.3 is 4.57 Å². The highest BCUT2D eigenvalue weighted by Crippen LogP contribution is 2.20. The summed E-state index contributed by atoms with van der Waals surface area (Å²) in [4.78, 5) is 17.5. The van der Waals surface area contributed by atoms with Crippen molar-refractivity contribution < 1.29 is 13.2 Å². The van der Waals surface area contributed by atoms with Gasteiger partial charge in [0.25, 0.3) is 5.91 Å². The number of rotatable bonds is 5. The van der Waals surface area contributed by atoms with Crippen LogP contribution in [-0.2, 0) is 23.3 Å². The van der Waals surface area contributed by atoms with Crippen LogP contribution in [0.1, 0.15) is 35.7 Å². The SMILES string of the molecule is CCCCc1ccc2c(c1)sc(=NC(=O)c1ccc(S(C)(=O)=O)cc1)n2C. The maximum Gasteiger partial charge on any atom is 0.279 e. The van der Waals surface area contributed by atoms with Crippen molar-refractivity contribution in [3.63, 3.8) is 0 Å². The number of thiazole rings is 1. The molecule has 3 aromatic rings. The summed E-state index contributed by atoms with van der Waals surface area (Å²) in [6, 6.07) is 12.2. The van der Waals surface area contributed by atoms with Crippen LogP contribution in [-0.4, -0.2) is 25.1 Å². The molecular weight excluding hydrogens is 380 g/mol. The Morgan fingerprint density at radius 2 is 1.85 bits per heavy atom. The van der Waals surface area contributed by atoms with Crippen molar-refractivity contribution in [1.29, 1.82) is 0 Å². The molecule has 5 nitrogen and oxygen atoms in total. The predicted molar refractivity (Wildman–Crippen MR) is 109 cm³/mol. The van der Waals surface area contributed by atoms with Crippen LogP contribution in [0.5, 0.6) is 0 Å². The molecule has 0 aliphatic rings. The molecule has 142 valence electrons. The average molecular weight is 403 g/mol. The molecule has 1 heterocycles. The predicted octanol–water partition coefficient (Wildman–Crippen LogP) is 3.73. The second-order valence-electron chi connectivity index (χ2n) is 6.56. The van der Waals surface area contributed by atoms with Crippen molar-refractivity contribution >= 4 is 37.3 Å². The summed E-state index contributed by atoms with van der Waals surface area (Å²) in [5.41, 5.74) is 2.70. The van der Waals surface area contributed by atoms with Crippen LogP contribution in [0.15, 0.2) is 52.4 Å². The summed E-state index contributed by atoms with van der Waals surface area (Å²) in [5.74, 6) is -0.386. The van der Waals surface area contributed by atoms with Crippen molar-refractivity contribution in [3.05, 3.63) is 58.4 Å². The number of hydrogen-bond donors (Lipinski definition) is 0. The fourth-order valence-electron chi connectivity index (χ4n) is 2.82. The van der Waals surface area contributed by atoms with Gasteiger partial charge in [0, 0.05) is 18.9 Å².